The third kappa shape index (κ3) is 2.68. The Morgan fingerprint density at radius 3 is 2.78 bits per heavy atom. The highest BCUT2D eigenvalue weighted by Gasteiger charge is 2.23. The maximum Gasteiger partial charge on any atom is 0.152 e. The van der Waals surface area contributed by atoms with Crippen molar-refractivity contribution in [1.29, 1.82) is 0 Å². The van der Waals surface area contributed by atoms with Crippen molar-refractivity contribution in [1.82, 2.24) is 30.0 Å². The van der Waals surface area contributed by atoms with E-state index in [-0.39, 0.29) is 6.10 Å². The molecular formula is C14H12FN7O. The Morgan fingerprint density at radius 1 is 1.17 bits per heavy atom. The Kier molecular flexibility index (Phi) is 3.30. The molecule has 3 heterocycles. The van der Waals surface area contributed by atoms with Crippen LogP contribution in [0.5, 0.6) is 0 Å². The monoisotopic (exact) mass is 313 g/mol. The van der Waals surface area contributed by atoms with Crippen LogP contribution in [-0.2, 0) is 11.4 Å². The highest BCUT2D eigenvalue weighted by atomic mass is 19.1. The molecule has 1 aliphatic heterocycles. The van der Waals surface area contributed by atoms with Crippen LogP contribution in [0.25, 0.3) is 5.69 Å². The lowest BCUT2D eigenvalue weighted by Crippen LogP contribution is -2.17. The molecule has 0 saturated heterocycles. The van der Waals surface area contributed by atoms with E-state index in [0.717, 1.165) is 0 Å². The van der Waals surface area contributed by atoms with Crippen molar-refractivity contribution in [3.8, 4) is 5.69 Å². The van der Waals surface area contributed by atoms with Crippen LogP contribution in [0.2, 0.25) is 0 Å². The van der Waals surface area contributed by atoms with E-state index in [0.29, 0.717) is 29.9 Å². The van der Waals surface area contributed by atoms with Crippen molar-refractivity contribution in [3.05, 3.63) is 54.4 Å². The molecule has 1 unspecified atom stereocenters. The summed E-state index contributed by atoms with van der Waals surface area (Å²) in [6.45, 7) is 0.548. The van der Waals surface area contributed by atoms with Gasteiger partial charge in [-0.05, 0) is 12.1 Å². The van der Waals surface area contributed by atoms with Crippen molar-refractivity contribution in [2.24, 2.45) is 5.16 Å². The average Bonchev–Trinajstić information content (AvgIpc) is 3.30. The number of aromatic nitrogens is 6. The van der Waals surface area contributed by atoms with Gasteiger partial charge >= 0.3 is 0 Å². The molecule has 1 aromatic carbocycles. The second kappa shape index (κ2) is 5.59. The summed E-state index contributed by atoms with van der Waals surface area (Å²) in [4.78, 5) is 5.39. The normalized spacial score (nSPS) is 17.1. The van der Waals surface area contributed by atoms with Gasteiger partial charge in [-0.15, -0.1) is 10.2 Å². The molecule has 4 rings (SSSR count). The third-order valence-electron chi connectivity index (χ3n) is 3.55. The first kappa shape index (κ1) is 13.6. The summed E-state index contributed by atoms with van der Waals surface area (Å²) >= 11 is 0. The van der Waals surface area contributed by atoms with E-state index in [9.17, 15) is 4.39 Å². The standard InChI is InChI=1S/C14H12FN7O/c15-12-7-10(1-2-14(12)22-6-4-17-20-22)13-8-11(23-18-13)9-21-5-3-16-19-21/h1-7,11H,8-9H2. The predicted octanol–water partition coefficient (Wildman–Crippen LogP) is 1.19. The molecule has 2 aromatic heterocycles. The van der Waals surface area contributed by atoms with Crippen molar-refractivity contribution in [3.63, 3.8) is 0 Å². The van der Waals surface area contributed by atoms with Crippen molar-refractivity contribution in [2.75, 3.05) is 0 Å². The van der Waals surface area contributed by atoms with E-state index in [1.807, 2.05) is 0 Å². The molecule has 23 heavy (non-hydrogen) atoms. The second-order valence-electron chi connectivity index (χ2n) is 5.11. The Balaban J connectivity index is 1.50. The summed E-state index contributed by atoms with van der Waals surface area (Å²) in [7, 11) is 0. The van der Waals surface area contributed by atoms with E-state index in [4.69, 9.17) is 4.84 Å². The van der Waals surface area contributed by atoms with Crippen LogP contribution >= 0.6 is 0 Å². The lowest BCUT2D eigenvalue weighted by molar-refractivity contribution is 0.0693. The van der Waals surface area contributed by atoms with E-state index >= 15 is 0 Å². The minimum Gasteiger partial charge on any atom is -0.390 e. The third-order valence-corrected chi connectivity index (χ3v) is 3.55. The average molecular weight is 313 g/mol. The van der Waals surface area contributed by atoms with E-state index in [2.05, 4.69) is 25.8 Å². The number of oxime groups is 1. The molecule has 0 N–H and O–H groups in total. The number of rotatable bonds is 4. The minimum atomic E-state index is -0.393. The molecule has 116 valence electrons. The van der Waals surface area contributed by atoms with Gasteiger partial charge in [0.15, 0.2) is 6.10 Å². The molecule has 0 spiro atoms. The first-order chi connectivity index (χ1) is 11.3. The summed E-state index contributed by atoms with van der Waals surface area (Å²) in [6.07, 6.45) is 6.90. The van der Waals surface area contributed by atoms with Gasteiger partial charge in [0.1, 0.15) is 11.5 Å². The maximum atomic E-state index is 14.3. The molecular weight excluding hydrogens is 301 g/mol. The Hall–Kier alpha value is -3.10. The lowest BCUT2D eigenvalue weighted by Gasteiger charge is -2.07. The zero-order valence-electron chi connectivity index (χ0n) is 11.9. The molecule has 1 aliphatic rings. The van der Waals surface area contributed by atoms with Crippen LogP contribution in [0.15, 0.2) is 48.1 Å². The van der Waals surface area contributed by atoms with Crippen LogP contribution in [0.1, 0.15) is 12.0 Å². The molecule has 3 aromatic rings. The van der Waals surface area contributed by atoms with Crippen molar-refractivity contribution < 1.29 is 9.23 Å². The van der Waals surface area contributed by atoms with E-state index in [1.165, 1.54) is 16.9 Å². The van der Waals surface area contributed by atoms with Crippen LogP contribution < -0.4 is 0 Å². The van der Waals surface area contributed by atoms with E-state index in [1.54, 1.807) is 35.4 Å². The summed E-state index contributed by atoms with van der Waals surface area (Å²) in [5.74, 6) is -0.393. The van der Waals surface area contributed by atoms with Crippen LogP contribution in [0.3, 0.4) is 0 Å². The largest absolute Gasteiger partial charge is 0.390 e. The smallest absolute Gasteiger partial charge is 0.152 e. The highest BCUT2D eigenvalue weighted by molar-refractivity contribution is 6.01. The van der Waals surface area contributed by atoms with Gasteiger partial charge in [0.05, 0.1) is 30.8 Å². The highest BCUT2D eigenvalue weighted by Crippen LogP contribution is 2.21. The summed E-state index contributed by atoms with van der Waals surface area (Å²) < 4.78 is 17.3. The van der Waals surface area contributed by atoms with E-state index < -0.39 is 5.82 Å². The van der Waals surface area contributed by atoms with Crippen LogP contribution in [-0.4, -0.2) is 41.8 Å². The van der Waals surface area contributed by atoms with Crippen LogP contribution in [0.4, 0.5) is 4.39 Å². The molecule has 0 amide bonds. The molecule has 0 aliphatic carbocycles. The lowest BCUT2D eigenvalue weighted by atomic mass is 10.0. The first-order valence-electron chi connectivity index (χ1n) is 7.03. The van der Waals surface area contributed by atoms with Gasteiger partial charge in [-0.1, -0.05) is 21.6 Å². The van der Waals surface area contributed by atoms with Gasteiger partial charge in [-0.3, -0.25) is 0 Å². The molecule has 9 heteroatoms. The quantitative estimate of drug-likeness (QED) is 0.722. The molecule has 8 nitrogen and oxygen atoms in total. The van der Waals surface area contributed by atoms with Crippen molar-refractivity contribution >= 4 is 5.71 Å². The molecule has 0 bridgehead atoms. The van der Waals surface area contributed by atoms with Crippen molar-refractivity contribution in [2.45, 2.75) is 19.1 Å². The van der Waals surface area contributed by atoms with Gasteiger partial charge in [-0.25, -0.2) is 13.8 Å². The number of hydrogen-bond acceptors (Lipinski definition) is 6. The number of halogens is 1. The topological polar surface area (TPSA) is 83.0 Å². The fourth-order valence-corrected chi connectivity index (χ4v) is 2.44. The summed E-state index contributed by atoms with van der Waals surface area (Å²) in [5.41, 5.74) is 1.73. The zero-order chi connectivity index (χ0) is 15.6. The first-order valence-corrected chi connectivity index (χ1v) is 7.03. The summed E-state index contributed by atoms with van der Waals surface area (Å²) in [6, 6.07) is 4.86. The molecule has 1 atom stereocenters. The fraction of sp³-hybridized carbons (Fsp3) is 0.214. The summed E-state index contributed by atoms with van der Waals surface area (Å²) in [5, 5.41) is 19.1. The fourth-order valence-electron chi connectivity index (χ4n) is 2.44. The SMILES string of the molecule is Fc1cc(C2=NOC(Cn3ccnn3)C2)ccc1-n1ccnn1. The second-order valence-corrected chi connectivity index (χ2v) is 5.11. The Morgan fingerprint density at radius 2 is 2.04 bits per heavy atom. The maximum absolute atomic E-state index is 14.3. The Labute approximate surface area is 130 Å². The van der Waals surface area contributed by atoms with Gasteiger partial charge in [0.2, 0.25) is 0 Å². The number of benzene rings is 1. The number of nitrogens with zero attached hydrogens (tertiary/aromatic N) is 7. The molecule has 0 saturated carbocycles. The van der Waals surface area contributed by atoms with Gasteiger partial charge in [0.25, 0.3) is 0 Å². The van der Waals surface area contributed by atoms with Crippen LogP contribution in [0, 0.1) is 5.82 Å². The number of hydrogen-bond donors (Lipinski definition) is 0. The molecule has 0 fully saturated rings. The minimum absolute atomic E-state index is 0.134. The Bertz CT molecular complexity index is 829. The zero-order valence-corrected chi connectivity index (χ0v) is 11.9. The van der Waals surface area contributed by atoms with Gasteiger partial charge in [0, 0.05) is 18.2 Å². The van der Waals surface area contributed by atoms with Gasteiger partial charge in [-0.2, -0.15) is 0 Å². The predicted molar refractivity (Wildman–Crippen MR) is 77.4 cm³/mol. The molecule has 0 radical (unpaired) electrons. The van der Waals surface area contributed by atoms with Gasteiger partial charge < -0.3 is 4.84 Å².